The molecule has 0 aromatic heterocycles. The summed E-state index contributed by atoms with van der Waals surface area (Å²) in [5.41, 5.74) is 0. The van der Waals surface area contributed by atoms with Gasteiger partial charge < -0.3 is 0 Å². The number of ketones is 1. The summed E-state index contributed by atoms with van der Waals surface area (Å²) < 4.78 is 12.6. The molecule has 0 unspecified atom stereocenters. The molecule has 0 aromatic carbocycles. The van der Waals surface area contributed by atoms with Crippen LogP contribution in [0.25, 0.3) is 0 Å². The first-order valence-electron chi connectivity index (χ1n) is 4.00. The van der Waals surface area contributed by atoms with Crippen LogP contribution < -0.4 is 0 Å². The molecule has 0 radical (unpaired) electrons. The van der Waals surface area contributed by atoms with E-state index < -0.39 is 6.17 Å². The normalized spacial score (nSPS) is 28.8. The van der Waals surface area contributed by atoms with Gasteiger partial charge in [-0.1, -0.05) is 0 Å². The summed E-state index contributed by atoms with van der Waals surface area (Å²) in [4.78, 5) is 12.8. The van der Waals surface area contributed by atoms with Crippen LogP contribution in [0.15, 0.2) is 0 Å². The minimum atomic E-state index is -0.725. The van der Waals surface area contributed by atoms with Crippen molar-refractivity contribution < 1.29 is 9.18 Å². The van der Waals surface area contributed by atoms with Gasteiger partial charge in [-0.15, -0.1) is 0 Å². The van der Waals surface area contributed by atoms with Crippen molar-refractivity contribution in [3.05, 3.63) is 0 Å². The molecule has 2 nitrogen and oxygen atoms in total. The predicted octanol–water partition coefficient (Wildman–Crippen LogP) is 1.01. The third kappa shape index (κ3) is 1.99. The van der Waals surface area contributed by atoms with Crippen molar-refractivity contribution in [2.45, 2.75) is 32.5 Å². The Balaban J connectivity index is 2.43. The third-order valence-electron chi connectivity index (χ3n) is 2.30. The number of alkyl halides is 1. The van der Waals surface area contributed by atoms with E-state index in [9.17, 15) is 9.18 Å². The summed E-state index contributed by atoms with van der Waals surface area (Å²) in [5.74, 6) is 0.124. The number of Topliss-reactive ketones (excluding diaryl/α,β-unsaturated/α-hetero) is 1. The average molecular weight is 159 g/mol. The second kappa shape index (κ2) is 3.30. The van der Waals surface area contributed by atoms with Crippen molar-refractivity contribution >= 4 is 5.78 Å². The molecule has 0 spiro atoms. The molecule has 0 aromatic rings. The topological polar surface area (TPSA) is 20.3 Å². The van der Waals surface area contributed by atoms with Crippen molar-refractivity contribution in [1.82, 2.24) is 4.90 Å². The van der Waals surface area contributed by atoms with Crippen LogP contribution in [0.3, 0.4) is 0 Å². The second-order valence-electron chi connectivity index (χ2n) is 3.17. The number of carbonyl (C=O) groups excluding carboxylic acids is 1. The fourth-order valence-corrected chi connectivity index (χ4v) is 1.35. The molecule has 1 fully saturated rings. The highest BCUT2D eigenvalue weighted by molar-refractivity contribution is 5.80. The lowest BCUT2D eigenvalue weighted by Crippen LogP contribution is -2.36. The molecule has 2 atom stereocenters. The minimum absolute atomic E-state index is 0.101. The van der Waals surface area contributed by atoms with E-state index in [1.54, 1.807) is 6.92 Å². The van der Waals surface area contributed by atoms with Gasteiger partial charge in [-0.05, 0) is 20.3 Å². The van der Waals surface area contributed by atoms with Crippen LogP contribution in [0.2, 0.25) is 0 Å². The number of halogens is 1. The van der Waals surface area contributed by atoms with E-state index in [2.05, 4.69) is 0 Å². The Morgan fingerprint density at radius 2 is 2.36 bits per heavy atom. The van der Waals surface area contributed by atoms with Gasteiger partial charge in [0.25, 0.3) is 0 Å². The van der Waals surface area contributed by atoms with Crippen LogP contribution in [0.4, 0.5) is 4.39 Å². The van der Waals surface area contributed by atoms with Crippen LogP contribution >= 0.6 is 0 Å². The predicted molar refractivity (Wildman–Crippen MR) is 41.2 cm³/mol. The van der Waals surface area contributed by atoms with Gasteiger partial charge in [0.1, 0.15) is 12.0 Å². The third-order valence-corrected chi connectivity index (χ3v) is 2.30. The molecular weight excluding hydrogens is 145 g/mol. The molecule has 1 heterocycles. The lowest BCUT2D eigenvalue weighted by Gasteiger charge is -2.20. The van der Waals surface area contributed by atoms with Crippen molar-refractivity contribution in [2.24, 2.45) is 0 Å². The molecule has 0 saturated carbocycles. The molecule has 0 N–H and O–H groups in total. The van der Waals surface area contributed by atoms with Gasteiger partial charge in [0, 0.05) is 13.1 Å². The molecule has 11 heavy (non-hydrogen) atoms. The number of hydrogen-bond acceptors (Lipinski definition) is 2. The van der Waals surface area contributed by atoms with Gasteiger partial charge in [0.2, 0.25) is 0 Å². The maximum Gasteiger partial charge on any atom is 0.146 e. The highest BCUT2D eigenvalue weighted by atomic mass is 19.1. The summed E-state index contributed by atoms with van der Waals surface area (Å²) >= 11 is 0. The van der Waals surface area contributed by atoms with Crippen molar-refractivity contribution in [3.63, 3.8) is 0 Å². The summed E-state index contributed by atoms with van der Waals surface area (Å²) in [6.45, 7) is 4.54. The summed E-state index contributed by atoms with van der Waals surface area (Å²) in [6.07, 6.45) is -0.144. The first-order valence-corrected chi connectivity index (χ1v) is 4.00. The second-order valence-corrected chi connectivity index (χ2v) is 3.17. The monoisotopic (exact) mass is 159 g/mol. The van der Waals surface area contributed by atoms with Crippen LogP contribution in [0.5, 0.6) is 0 Å². The number of hydrogen-bond donors (Lipinski definition) is 0. The van der Waals surface area contributed by atoms with Crippen LogP contribution in [-0.2, 0) is 4.79 Å². The Bertz CT molecular complexity index is 160. The summed E-state index contributed by atoms with van der Waals surface area (Å²) in [7, 11) is 0. The van der Waals surface area contributed by atoms with Crippen LogP contribution in [0, 0.1) is 0 Å². The van der Waals surface area contributed by atoms with E-state index >= 15 is 0 Å². The quantitative estimate of drug-likeness (QED) is 0.599. The molecular formula is C8H14FNO. The Morgan fingerprint density at radius 1 is 1.73 bits per heavy atom. The minimum Gasteiger partial charge on any atom is -0.298 e. The number of nitrogens with zero attached hydrogens (tertiary/aromatic N) is 1. The van der Waals surface area contributed by atoms with E-state index in [0.29, 0.717) is 13.0 Å². The summed E-state index contributed by atoms with van der Waals surface area (Å²) in [6, 6.07) is -0.101. The van der Waals surface area contributed by atoms with Gasteiger partial charge in [0.05, 0.1) is 6.04 Å². The van der Waals surface area contributed by atoms with Gasteiger partial charge in [-0.25, -0.2) is 4.39 Å². The smallest absolute Gasteiger partial charge is 0.146 e. The van der Waals surface area contributed by atoms with Gasteiger partial charge in [0.15, 0.2) is 0 Å². The van der Waals surface area contributed by atoms with Crippen molar-refractivity contribution in [3.8, 4) is 0 Å². The zero-order valence-corrected chi connectivity index (χ0v) is 7.01. The highest BCUT2D eigenvalue weighted by Crippen LogP contribution is 2.15. The number of carbonyl (C=O) groups is 1. The zero-order valence-electron chi connectivity index (χ0n) is 7.01. The van der Waals surface area contributed by atoms with E-state index in [1.807, 2.05) is 11.8 Å². The van der Waals surface area contributed by atoms with Crippen molar-refractivity contribution in [2.75, 3.05) is 13.1 Å². The Morgan fingerprint density at radius 3 is 2.73 bits per heavy atom. The first kappa shape index (κ1) is 8.65. The molecule has 1 aliphatic heterocycles. The fraction of sp³-hybridized carbons (Fsp3) is 0.875. The molecule has 64 valence electrons. The average Bonchev–Trinajstić information content (AvgIpc) is 2.34. The first-order chi connectivity index (χ1) is 5.11. The highest BCUT2D eigenvalue weighted by Gasteiger charge is 2.27. The van der Waals surface area contributed by atoms with Crippen LogP contribution in [0.1, 0.15) is 20.3 Å². The molecule has 0 amide bonds. The van der Waals surface area contributed by atoms with Crippen LogP contribution in [-0.4, -0.2) is 36.0 Å². The fourth-order valence-electron chi connectivity index (χ4n) is 1.35. The van der Waals surface area contributed by atoms with Gasteiger partial charge >= 0.3 is 0 Å². The van der Waals surface area contributed by atoms with Crippen molar-refractivity contribution in [1.29, 1.82) is 0 Å². The largest absolute Gasteiger partial charge is 0.298 e. The molecule has 1 rings (SSSR count). The lowest BCUT2D eigenvalue weighted by atomic mass is 10.2. The molecule has 1 saturated heterocycles. The van der Waals surface area contributed by atoms with E-state index in [-0.39, 0.29) is 11.8 Å². The number of rotatable bonds is 2. The van der Waals surface area contributed by atoms with Gasteiger partial charge in [-0.2, -0.15) is 0 Å². The lowest BCUT2D eigenvalue weighted by molar-refractivity contribution is -0.121. The zero-order chi connectivity index (χ0) is 8.43. The molecule has 3 heteroatoms. The number of likely N-dealkylation sites (tertiary alicyclic amines) is 1. The van der Waals surface area contributed by atoms with Gasteiger partial charge in [-0.3, -0.25) is 9.69 Å². The Labute approximate surface area is 66.4 Å². The summed E-state index contributed by atoms with van der Waals surface area (Å²) in [5, 5.41) is 0. The van der Waals surface area contributed by atoms with E-state index in [1.165, 1.54) is 0 Å². The SMILES string of the molecule is CC(=O)[C@H](C)N1CC[C@H](F)C1. The van der Waals surface area contributed by atoms with E-state index in [4.69, 9.17) is 0 Å². The Kier molecular flexibility index (Phi) is 2.60. The van der Waals surface area contributed by atoms with E-state index in [0.717, 1.165) is 6.54 Å². The Hall–Kier alpha value is -0.440. The maximum atomic E-state index is 12.6. The molecule has 1 aliphatic rings. The molecule has 0 aliphatic carbocycles. The molecule has 0 bridgehead atoms. The maximum absolute atomic E-state index is 12.6. The standard InChI is InChI=1S/C8H14FNO/c1-6(7(2)11)10-4-3-8(9)5-10/h6,8H,3-5H2,1-2H3/t6-,8-/m0/s1.